The van der Waals surface area contributed by atoms with Crippen molar-refractivity contribution in [2.45, 2.75) is 19.9 Å². The summed E-state index contributed by atoms with van der Waals surface area (Å²) in [5.41, 5.74) is 0.617. The van der Waals surface area contributed by atoms with Crippen molar-refractivity contribution in [1.29, 1.82) is 0 Å². The lowest BCUT2D eigenvalue weighted by Gasteiger charge is -2.16. The molecule has 0 saturated carbocycles. The Bertz CT molecular complexity index is 462. The topological polar surface area (TPSA) is 87.7 Å². The second kappa shape index (κ2) is 8.16. The highest BCUT2D eigenvalue weighted by molar-refractivity contribution is 5.75. The van der Waals surface area contributed by atoms with E-state index in [9.17, 15) is 14.7 Å². The van der Waals surface area contributed by atoms with E-state index in [0.29, 0.717) is 31.0 Å². The highest BCUT2D eigenvalue weighted by Crippen LogP contribution is 2.19. The molecule has 6 nitrogen and oxygen atoms in total. The van der Waals surface area contributed by atoms with Crippen LogP contribution in [0.15, 0.2) is 24.3 Å². The van der Waals surface area contributed by atoms with E-state index in [4.69, 9.17) is 4.74 Å². The molecule has 0 aliphatic carbocycles. The second-order valence-corrected chi connectivity index (χ2v) is 4.21. The van der Waals surface area contributed by atoms with Crippen molar-refractivity contribution in [2.75, 3.05) is 19.7 Å². The molecule has 0 fully saturated rings. The summed E-state index contributed by atoms with van der Waals surface area (Å²) in [4.78, 5) is 22.0. The van der Waals surface area contributed by atoms with E-state index in [-0.39, 0.29) is 5.91 Å². The van der Waals surface area contributed by atoms with Gasteiger partial charge in [0.15, 0.2) is 0 Å². The molecule has 6 heteroatoms. The Hall–Kier alpha value is -2.08. The van der Waals surface area contributed by atoms with Crippen LogP contribution in [0.4, 0.5) is 0 Å². The van der Waals surface area contributed by atoms with Crippen molar-refractivity contribution in [3.63, 3.8) is 0 Å². The zero-order valence-corrected chi connectivity index (χ0v) is 11.7. The lowest BCUT2D eigenvalue weighted by Crippen LogP contribution is -2.35. The molecule has 0 heterocycles. The van der Waals surface area contributed by atoms with Gasteiger partial charge in [0.25, 0.3) is 0 Å². The average Bonchev–Trinajstić information content (AvgIpc) is 2.38. The largest absolute Gasteiger partial charge is 0.494 e. The maximum Gasteiger partial charge on any atom is 0.325 e. The molecule has 0 saturated heterocycles. The number of amides is 1. The minimum atomic E-state index is -0.971. The summed E-state index contributed by atoms with van der Waals surface area (Å²) < 4.78 is 5.36. The summed E-state index contributed by atoms with van der Waals surface area (Å²) in [6, 6.07) is 6.14. The van der Waals surface area contributed by atoms with E-state index in [0.717, 1.165) is 0 Å². The smallest absolute Gasteiger partial charge is 0.325 e. The van der Waals surface area contributed by atoms with Gasteiger partial charge in [0.1, 0.15) is 11.8 Å². The van der Waals surface area contributed by atoms with Crippen LogP contribution in [0.5, 0.6) is 5.75 Å². The maximum absolute atomic E-state index is 11.3. The van der Waals surface area contributed by atoms with Gasteiger partial charge in [0, 0.05) is 20.0 Å². The Morgan fingerprint density at radius 2 is 2.10 bits per heavy atom. The molecule has 1 rings (SSSR count). The van der Waals surface area contributed by atoms with Crippen LogP contribution in [0, 0.1) is 0 Å². The molecular weight excluding hydrogens is 260 g/mol. The second-order valence-electron chi connectivity index (χ2n) is 4.21. The number of nitrogens with one attached hydrogen (secondary N) is 2. The Morgan fingerprint density at radius 1 is 1.35 bits per heavy atom. The lowest BCUT2D eigenvalue weighted by atomic mass is 10.1. The number of carbonyl (C=O) groups excluding carboxylic acids is 1. The van der Waals surface area contributed by atoms with Gasteiger partial charge in [0.2, 0.25) is 5.91 Å². The van der Waals surface area contributed by atoms with Crippen molar-refractivity contribution in [3.05, 3.63) is 29.8 Å². The minimum Gasteiger partial charge on any atom is -0.494 e. The van der Waals surface area contributed by atoms with Crippen molar-refractivity contribution >= 4 is 11.9 Å². The first-order valence-corrected chi connectivity index (χ1v) is 6.48. The number of carboxylic acids is 1. The molecular formula is C14H20N2O4. The summed E-state index contributed by atoms with van der Waals surface area (Å²) in [7, 11) is 0. The Kier molecular flexibility index (Phi) is 6.52. The van der Waals surface area contributed by atoms with Crippen LogP contribution in [-0.2, 0) is 9.59 Å². The molecule has 0 aromatic heterocycles. The number of ether oxygens (including phenoxy) is 1. The zero-order valence-electron chi connectivity index (χ0n) is 11.7. The number of carboxylic acid groups (broad SMARTS) is 1. The number of carbonyl (C=O) groups is 2. The molecule has 1 unspecified atom stereocenters. The third-order valence-corrected chi connectivity index (χ3v) is 2.60. The van der Waals surface area contributed by atoms with E-state index in [2.05, 4.69) is 10.6 Å². The Morgan fingerprint density at radius 3 is 2.70 bits per heavy atom. The van der Waals surface area contributed by atoms with Gasteiger partial charge in [-0.3, -0.25) is 14.9 Å². The van der Waals surface area contributed by atoms with Crippen LogP contribution < -0.4 is 15.4 Å². The third kappa shape index (κ3) is 5.27. The van der Waals surface area contributed by atoms with Crippen molar-refractivity contribution in [2.24, 2.45) is 0 Å². The molecule has 1 atom stereocenters. The normalized spacial score (nSPS) is 11.7. The molecule has 0 aliphatic rings. The van der Waals surface area contributed by atoms with E-state index in [1.54, 1.807) is 24.3 Å². The standard InChI is InChI=1S/C14H20N2O4/c1-3-20-12-6-4-5-11(9-12)13(14(18)19)16-8-7-15-10(2)17/h4-6,9,13,16H,3,7-8H2,1-2H3,(H,15,17)(H,18,19). The van der Waals surface area contributed by atoms with Crippen molar-refractivity contribution in [3.8, 4) is 5.75 Å². The van der Waals surface area contributed by atoms with Crippen LogP contribution in [0.25, 0.3) is 0 Å². The first kappa shape index (κ1) is 16.0. The molecule has 0 bridgehead atoms. The van der Waals surface area contributed by atoms with E-state index in [1.165, 1.54) is 6.92 Å². The quantitative estimate of drug-likeness (QED) is 0.617. The van der Waals surface area contributed by atoms with Gasteiger partial charge >= 0.3 is 5.97 Å². The predicted octanol–water partition coefficient (Wildman–Crippen LogP) is 0.937. The van der Waals surface area contributed by atoms with Gasteiger partial charge in [-0.2, -0.15) is 0 Å². The number of rotatable bonds is 8. The summed E-state index contributed by atoms with van der Waals surface area (Å²) in [5.74, 6) is -0.474. The number of aliphatic carboxylic acids is 1. The number of benzene rings is 1. The molecule has 1 aromatic carbocycles. The van der Waals surface area contributed by atoms with Gasteiger partial charge < -0.3 is 15.2 Å². The maximum atomic E-state index is 11.3. The molecule has 3 N–H and O–H groups in total. The van der Waals surface area contributed by atoms with Gasteiger partial charge in [-0.05, 0) is 24.6 Å². The Labute approximate surface area is 118 Å². The van der Waals surface area contributed by atoms with Crippen LogP contribution in [0.3, 0.4) is 0 Å². The summed E-state index contributed by atoms with van der Waals surface area (Å²) in [6.45, 7) is 4.56. The highest BCUT2D eigenvalue weighted by Gasteiger charge is 2.19. The minimum absolute atomic E-state index is 0.142. The van der Waals surface area contributed by atoms with Crippen LogP contribution in [-0.4, -0.2) is 36.7 Å². The van der Waals surface area contributed by atoms with E-state index in [1.807, 2.05) is 6.92 Å². The van der Waals surface area contributed by atoms with Crippen LogP contribution in [0.2, 0.25) is 0 Å². The first-order valence-electron chi connectivity index (χ1n) is 6.48. The fourth-order valence-corrected chi connectivity index (χ4v) is 1.75. The predicted molar refractivity (Wildman–Crippen MR) is 74.7 cm³/mol. The zero-order chi connectivity index (χ0) is 15.0. The average molecular weight is 280 g/mol. The van der Waals surface area contributed by atoms with Gasteiger partial charge in [-0.1, -0.05) is 12.1 Å². The summed E-state index contributed by atoms with van der Waals surface area (Å²) in [5, 5.41) is 14.8. The van der Waals surface area contributed by atoms with Crippen molar-refractivity contribution in [1.82, 2.24) is 10.6 Å². The van der Waals surface area contributed by atoms with E-state index < -0.39 is 12.0 Å². The molecule has 0 radical (unpaired) electrons. The molecule has 0 aliphatic heterocycles. The van der Waals surface area contributed by atoms with Gasteiger partial charge in [-0.15, -0.1) is 0 Å². The molecule has 0 spiro atoms. The number of hydrogen-bond donors (Lipinski definition) is 3. The van der Waals surface area contributed by atoms with Crippen molar-refractivity contribution < 1.29 is 19.4 Å². The summed E-state index contributed by atoms with van der Waals surface area (Å²) in [6.07, 6.45) is 0. The number of hydrogen-bond acceptors (Lipinski definition) is 4. The monoisotopic (exact) mass is 280 g/mol. The molecule has 1 amide bonds. The lowest BCUT2D eigenvalue weighted by molar-refractivity contribution is -0.139. The first-order chi connectivity index (χ1) is 9.54. The highest BCUT2D eigenvalue weighted by atomic mass is 16.5. The SMILES string of the molecule is CCOc1cccc(C(NCCNC(C)=O)C(=O)O)c1. The third-order valence-electron chi connectivity index (χ3n) is 2.60. The van der Waals surface area contributed by atoms with Crippen LogP contribution in [0.1, 0.15) is 25.5 Å². The van der Waals surface area contributed by atoms with Crippen LogP contribution >= 0.6 is 0 Å². The van der Waals surface area contributed by atoms with E-state index >= 15 is 0 Å². The van der Waals surface area contributed by atoms with Gasteiger partial charge in [-0.25, -0.2) is 0 Å². The molecule has 1 aromatic rings. The summed E-state index contributed by atoms with van der Waals surface area (Å²) >= 11 is 0. The fourth-order valence-electron chi connectivity index (χ4n) is 1.75. The Balaban J connectivity index is 2.67. The van der Waals surface area contributed by atoms with Gasteiger partial charge in [0.05, 0.1) is 6.61 Å². The molecule has 110 valence electrons. The fraction of sp³-hybridized carbons (Fsp3) is 0.429. The molecule has 20 heavy (non-hydrogen) atoms.